The van der Waals surface area contributed by atoms with Gasteiger partial charge in [0.2, 0.25) is 11.9 Å². The third kappa shape index (κ3) is 6.80. The van der Waals surface area contributed by atoms with Crippen molar-refractivity contribution in [2.24, 2.45) is 5.73 Å². The van der Waals surface area contributed by atoms with Gasteiger partial charge in [-0.05, 0) is 35.6 Å². The van der Waals surface area contributed by atoms with E-state index in [2.05, 4.69) is 25.9 Å². The molecule has 8 nitrogen and oxygen atoms in total. The summed E-state index contributed by atoms with van der Waals surface area (Å²) in [7, 11) is 7.54. The molecule has 2 radical (unpaired) electrons. The van der Waals surface area contributed by atoms with E-state index in [-0.39, 0.29) is 5.91 Å². The maximum Gasteiger partial charge on any atom is 0.241 e. The van der Waals surface area contributed by atoms with Gasteiger partial charge in [0.15, 0.2) is 0 Å². The van der Waals surface area contributed by atoms with Crippen LogP contribution < -0.4 is 27.1 Å². The topological polar surface area (TPSA) is 114 Å². The lowest BCUT2D eigenvalue weighted by Gasteiger charge is -2.14. The van der Waals surface area contributed by atoms with Gasteiger partial charge in [-0.3, -0.25) is 4.79 Å². The van der Waals surface area contributed by atoms with E-state index >= 15 is 0 Å². The Morgan fingerprint density at radius 3 is 2.71 bits per heavy atom. The quantitative estimate of drug-likeness (QED) is 0.293. The molecule has 0 spiro atoms. The number of hydrogen-bond donors (Lipinski definition) is 4. The minimum absolute atomic E-state index is 0.255. The van der Waals surface area contributed by atoms with Gasteiger partial charge in [-0.2, -0.15) is 4.98 Å². The summed E-state index contributed by atoms with van der Waals surface area (Å²) in [5, 5.41) is 9.06. The third-order valence-corrected chi connectivity index (χ3v) is 4.44. The summed E-state index contributed by atoms with van der Waals surface area (Å²) < 4.78 is 5.02. The zero-order valence-corrected chi connectivity index (χ0v) is 17.3. The molecular weight excluding hydrogens is 391 g/mol. The molecule has 0 aliphatic carbocycles. The number of carbonyl (C=O) groups is 1. The molecule has 1 unspecified atom stereocenters. The van der Waals surface area contributed by atoms with Crippen LogP contribution in [0.25, 0.3) is 0 Å². The summed E-state index contributed by atoms with van der Waals surface area (Å²) in [6.45, 7) is 1.10. The highest BCUT2D eigenvalue weighted by Gasteiger charge is 2.14. The van der Waals surface area contributed by atoms with E-state index in [0.29, 0.717) is 48.2 Å². The van der Waals surface area contributed by atoms with Crippen LogP contribution >= 0.6 is 0 Å². The fraction of sp³-hybridized carbons (Fsp3) is 0.227. The lowest BCUT2D eigenvalue weighted by atomic mass is 9.99. The van der Waals surface area contributed by atoms with Gasteiger partial charge in [-0.25, -0.2) is 4.98 Å². The van der Waals surface area contributed by atoms with E-state index in [4.69, 9.17) is 18.3 Å². The van der Waals surface area contributed by atoms with Crippen molar-refractivity contribution >= 4 is 42.4 Å². The Balaban J connectivity index is 1.62. The predicted octanol–water partition coefficient (Wildman–Crippen LogP) is 1.58. The molecule has 0 saturated carbocycles. The van der Waals surface area contributed by atoms with Crippen LogP contribution in [0.5, 0.6) is 0 Å². The molecule has 0 aliphatic heterocycles. The molecule has 1 aromatic heterocycles. The van der Waals surface area contributed by atoms with Gasteiger partial charge < -0.3 is 26.4 Å². The maximum absolute atomic E-state index is 12.5. The molecule has 158 valence electrons. The summed E-state index contributed by atoms with van der Waals surface area (Å²) in [4.78, 5) is 21.1. The standard InChI is InChI=1S/C22H25BN6O2/c1-31-11-10-25-20-18(23)14-26-22(29-20)28-17-9-5-8-16(13-17)27-21(30)19(24)12-15-6-3-2-4-7-15/h2-9,13-14,19H,10-12,24H2,1H3,(H,27,30)(H2,25,26,28,29). The van der Waals surface area contributed by atoms with Crippen LogP contribution in [0.4, 0.5) is 23.1 Å². The number of nitrogens with one attached hydrogen (secondary N) is 3. The highest BCUT2D eigenvalue weighted by Crippen LogP contribution is 2.19. The highest BCUT2D eigenvalue weighted by molar-refractivity contribution is 6.35. The van der Waals surface area contributed by atoms with Gasteiger partial charge in [0.1, 0.15) is 13.7 Å². The van der Waals surface area contributed by atoms with Crippen LogP contribution in [0.2, 0.25) is 0 Å². The Labute approximate surface area is 183 Å². The zero-order valence-electron chi connectivity index (χ0n) is 17.3. The van der Waals surface area contributed by atoms with Crippen LogP contribution in [0.3, 0.4) is 0 Å². The van der Waals surface area contributed by atoms with Crippen molar-refractivity contribution in [3.05, 3.63) is 66.4 Å². The van der Waals surface area contributed by atoms with Gasteiger partial charge in [-0.1, -0.05) is 36.4 Å². The first kappa shape index (κ1) is 22.3. The van der Waals surface area contributed by atoms with E-state index < -0.39 is 6.04 Å². The van der Waals surface area contributed by atoms with E-state index in [9.17, 15) is 4.79 Å². The molecule has 1 atom stereocenters. The number of benzene rings is 2. The number of aromatic nitrogens is 2. The summed E-state index contributed by atoms with van der Waals surface area (Å²) >= 11 is 0. The van der Waals surface area contributed by atoms with Crippen molar-refractivity contribution in [2.75, 3.05) is 36.2 Å². The molecule has 0 saturated heterocycles. The Morgan fingerprint density at radius 2 is 1.94 bits per heavy atom. The monoisotopic (exact) mass is 416 g/mol. The van der Waals surface area contributed by atoms with Gasteiger partial charge in [0.25, 0.3) is 0 Å². The van der Waals surface area contributed by atoms with Crippen LogP contribution in [0, 0.1) is 0 Å². The van der Waals surface area contributed by atoms with Gasteiger partial charge >= 0.3 is 0 Å². The average molecular weight is 416 g/mol. The van der Waals surface area contributed by atoms with Crippen molar-refractivity contribution in [1.82, 2.24) is 9.97 Å². The first-order valence-corrected chi connectivity index (χ1v) is 9.88. The molecule has 0 fully saturated rings. The molecule has 3 aromatic rings. The predicted molar refractivity (Wildman–Crippen MR) is 124 cm³/mol. The van der Waals surface area contributed by atoms with Crippen LogP contribution in [0.15, 0.2) is 60.8 Å². The molecule has 1 heterocycles. The lowest BCUT2D eigenvalue weighted by Crippen LogP contribution is -2.37. The van der Waals surface area contributed by atoms with E-state index in [0.717, 1.165) is 5.56 Å². The minimum Gasteiger partial charge on any atom is -0.383 e. The summed E-state index contributed by atoms with van der Waals surface area (Å²) in [6, 6.07) is 16.3. The van der Waals surface area contributed by atoms with E-state index in [1.807, 2.05) is 42.5 Å². The van der Waals surface area contributed by atoms with Crippen molar-refractivity contribution in [3.63, 3.8) is 0 Å². The maximum atomic E-state index is 12.5. The molecule has 31 heavy (non-hydrogen) atoms. The van der Waals surface area contributed by atoms with E-state index in [1.54, 1.807) is 19.2 Å². The number of hydrogen-bond acceptors (Lipinski definition) is 7. The molecular formula is C22H25BN6O2. The van der Waals surface area contributed by atoms with Crippen LogP contribution in [-0.2, 0) is 16.0 Å². The number of rotatable bonds is 10. The number of nitrogens with two attached hydrogens (primary N) is 1. The Hall–Kier alpha value is -3.43. The molecule has 3 rings (SSSR count). The molecule has 9 heteroatoms. The van der Waals surface area contributed by atoms with Crippen molar-refractivity contribution in [1.29, 1.82) is 0 Å². The number of methoxy groups -OCH3 is 1. The second-order valence-corrected chi connectivity index (χ2v) is 6.91. The molecule has 5 N–H and O–H groups in total. The number of nitrogens with zero attached hydrogens (tertiary/aromatic N) is 2. The van der Waals surface area contributed by atoms with Crippen molar-refractivity contribution < 1.29 is 9.53 Å². The Kier molecular flexibility index (Phi) is 7.97. The largest absolute Gasteiger partial charge is 0.383 e. The minimum atomic E-state index is -0.653. The van der Waals surface area contributed by atoms with Gasteiger partial charge in [0, 0.05) is 31.2 Å². The van der Waals surface area contributed by atoms with Gasteiger partial charge in [-0.15, -0.1) is 0 Å². The number of amides is 1. The normalized spacial score (nSPS) is 11.5. The van der Waals surface area contributed by atoms with Crippen molar-refractivity contribution in [2.45, 2.75) is 12.5 Å². The lowest BCUT2D eigenvalue weighted by molar-refractivity contribution is -0.117. The average Bonchev–Trinajstić information content (AvgIpc) is 2.77. The molecule has 0 aliphatic rings. The Morgan fingerprint density at radius 1 is 1.16 bits per heavy atom. The van der Waals surface area contributed by atoms with Crippen molar-refractivity contribution in [3.8, 4) is 0 Å². The first-order valence-electron chi connectivity index (χ1n) is 9.88. The molecule has 2 aromatic carbocycles. The smallest absolute Gasteiger partial charge is 0.241 e. The van der Waals surface area contributed by atoms with E-state index in [1.165, 1.54) is 6.20 Å². The second-order valence-electron chi connectivity index (χ2n) is 6.91. The molecule has 0 bridgehead atoms. The summed E-state index contributed by atoms with van der Waals surface area (Å²) in [6.07, 6.45) is 1.99. The molecule has 1 amide bonds. The van der Waals surface area contributed by atoms with Gasteiger partial charge in [0.05, 0.1) is 12.6 Å². The SMILES string of the molecule is [B]c1cnc(Nc2cccc(NC(=O)C(N)Cc3ccccc3)c2)nc1NCCOC. The highest BCUT2D eigenvalue weighted by atomic mass is 16.5. The number of ether oxygens (including phenoxy) is 1. The number of anilines is 4. The van der Waals surface area contributed by atoms with Crippen LogP contribution in [0.1, 0.15) is 5.56 Å². The number of carbonyl (C=O) groups excluding carboxylic acids is 1. The summed E-state index contributed by atoms with van der Waals surface area (Å²) in [5.74, 6) is 0.638. The first-order chi connectivity index (χ1) is 15.0. The van der Waals surface area contributed by atoms with Crippen LogP contribution in [-0.4, -0.2) is 50.0 Å². The fourth-order valence-electron chi connectivity index (χ4n) is 2.86. The second kappa shape index (κ2) is 11.1. The fourth-order valence-corrected chi connectivity index (χ4v) is 2.86. The Bertz CT molecular complexity index is 1000. The zero-order chi connectivity index (χ0) is 22.1. The summed E-state index contributed by atoms with van der Waals surface area (Å²) in [5.41, 5.74) is 8.84. The third-order valence-electron chi connectivity index (χ3n) is 4.44.